The maximum atomic E-state index is 13.1. The van der Waals surface area contributed by atoms with Crippen LogP contribution in [0.1, 0.15) is 56.1 Å². The van der Waals surface area contributed by atoms with E-state index in [-0.39, 0.29) is 23.8 Å². The third-order valence-electron chi connectivity index (χ3n) is 5.63. The number of carbonyl (C=O) groups is 2. The average Bonchev–Trinajstić information content (AvgIpc) is 3.54. The minimum Gasteiger partial charge on any atom is -0.464 e. The van der Waals surface area contributed by atoms with Crippen LogP contribution in [0, 0.1) is 12.8 Å². The van der Waals surface area contributed by atoms with Crippen molar-refractivity contribution < 1.29 is 14.0 Å². The second-order valence-electron chi connectivity index (χ2n) is 7.96. The Kier molecular flexibility index (Phi) is 7.05. The summed E-state index contributed by atoms with van der Waals surface area (Å²) in [7, 11) is 0. The van der Waals surface area contributed by atoms with Crippen LogP contribution in [0.3, 0.4) is 0 Å². The number of nitrogens with one attached hydrogen (secondary N) is 2. The molecule has 4 rings (SSSR count). The van der Waals surface area contributed by atoms with E-state index in [0.717, 1.165) is 11.3 Å². The van der Waals surface area contributed by atoms with Crippen LogP contribution in [0.15, 0.2) is 94.7 Å². The Morgan fingerprint density at radius 2 is 1.45 bits per heavy atom. The summed E-state index contributed by atoms with van der Waals surface area (Å²) >= 11 is 1.39. The second-order valence-corrected chi connectivity index (χ2v) is 8.91. The monoisotopic (exact) mass is 458 g/mol. The van der Waals surface area contributed by atoms with E-state index in [2.05, 4.69) is 10.6 Å². The van der Waals surface area contributed by atoms with E-state index in [1.165, 1.54) is 11.3 Å². The van der Waals surface area contributed by atoms with Crippen molar-refractivity contribution >= 4 is 23.2 Å². The number of rotatable bonds is 8. The van der Waals surface area contributed by atoms with Crippen LogP contribution < -0.4 is 10.6 Å². The van der Waals surface area contributed by atoms with Gasteiger partial charge in [-0.1, -0.05) is 61.5 Å². The predicted octanol–water partition coefficient (Wildman–Crippen LogP) is 5.93. The van der Waals surface area contributed by atoms with Crippen LogP contribution in [0.25, 0.3) is 0 Å². The molecule has 2 amide bonds. The molecule has 0 aliphatic carbocycles. The van der Waals surface area contributed by atoms with Gasteiger partial charge in [0.15, 0.2) is 0 Å². The predicted molar refractivity (Wildman–Crippen MR) is 130 cm³/mol. The molecule has 4 aromatic rings. The normalized spacial score (nSPS) is 13.6. The van der Waals surface area contributed by atoms with Gasteiger partial charge in [0, 0.05) is 11.5 Å². The van der Waals surface area contributed by atoms with Gasteiger partial charge >= 0.3 is 0 Å². The minimum atomic E-state index is -0.449. The first kappa shape index (κ1) is 22.6. The molecule has 0 aliphatic heterocycles. The van der Waals surface area contributed by atoms with Gasteiger partial charge in [-0.3, -0.25) is 9.59 Å². The molecular formula is C27H26N2O3S. The highest BCUT2D eigenvalue weighted by Crippen LogP contribution is 2.34. The van der Waals surface area contributed by atoms with Gasteiger partial charge < -0.3 is 15.1 Å². The Bertz CT molecular complexity index is 1190. The summed E-state index contributed by atoms with van der Waals surface area (Å²) < 4.78 is 5.94. The Morgan fingerprint density at radius 3 is 2.06 bits per heavy atom. The molecule has 0 unspecified atom stereocenters. The van der Waals surface area contributed by atoms with Crippen LogP contribution in [0.5, 0.6) is 0 Å². The summed E-state index contributed by atoms with van der Waals surface area (Å²) in [6, 6.07) is 25.5. The Hall–Kier alpha value is -3.64. The van der Waals surface area contributed by atoms with Crippen molar-refractivity contribution in [2.75, 3.05) is 0 Å². The Balaban J connectivity index is 1.67. The first-order valence-electron chi connectivity index (χ1n) is 10.8. The molecule has 2 aromatic carbocycles. The van der Waals surface area contributed by atoms with Crippen LogP contribution >= 0.6 is 11.3 Å². The van der Waals surface area contributed by atoms with E-state index < -0.39 is 6.04 Å². The van der Waals surface area contributed by atoms with Gasteiger partial charge in [0.2, 0.25) is 0 Å². The summed E-state index contributed by atoms with van der Waals surface area (Å²) in [6.07, 6.45) is 0. The van der Waals surface area contributed by atoms with Crippen LogP contribution in [-0.4, -0.2) is 11.8 Å². The van der Waals surface area contributed by atoms with Crippen molar-refractivity contribution in [3.63, 3.8) is 0 Å². The summed E-state index contributed by atoms with van der Waals surface area (Å²) in [4.78, 5) is 26.7. The zero-order chi connectivity index (χ0) is 23.2. The standard InChI is InChI=1S/C27H26N2O3S/c1-18-15-16-22(32-18)25(29-27(31)23-14-9-17-33-23)19(2)24(20-10-5-3-6-11-20)28-26(30)21-12-7-4-8-13-21/h3-17,19,24-25H,1-2H3,(H,28,30)(H,29,31)/t19-,24+,25-/m0/s1. The lowest BCUT2D eigenvalue weighted by molar-refractivity contribution is 0.0884. The third kappa shape index (κ3) is 5.41. The van der Waals surface area contributed by atoms with Gasteiger partial charge in [-0.05, 0) is 48.2 Å². The fraction of sp³-hybridized carbons (Fsp3) is 0.185. The van der Waals surface area contributed by atoms with Crippen molar-refractivity contribution in [3.8, 4) is 0 Å². The molecule has 0 saturated carbocycles. The van der Waals surface area contributed by atoms with E-state index in [1.54, 1.807) is 18.2 Å². The molecule has 0 spiro atoms. The number of furan rings is 1. The molecule has 3 atom stereocenters. The zero-order valence-electron chi connectivity index (χ0n) is 18.5. The van der Waals surface area contributed by atoms with Crippen molar-refractivity contribution in [1.29, 1.82) is 0 Å². The zero-order valence-corrected chi connectivity index (χ0v) is 19.3. The van der Waals surface area contributed by atoms with Gasteiger partial charge in [-0.15, -0.1) is 11.3 Å². The highest BCUT2D eigenvalue weighted by molar-refractivity contribution is 7.12. The summed E-state index contributed by atoms with van der Waals surface area (Å²) in [5, 5.41) is 8.20. The number of benzene rings is 2. The maximum absolute atomic E-state index is 13.1. The molecule has 2 N–H and O–H groups in total. The van der Waals surface area contributed by atoms with E-state index in [1.807, 2.05) is 86.0 Å². The van der Waals surface area contributed by atoms with Crippen LogP contribution in [-0.2, 0) is 0 Å². The molecule has 2 aromatic heterocycles. The highest BCUT2D eigenvalue weighted by Gasteiger charge is 2.33. The second kappa shape index (κ2) is 10.3. The highest BCUT2D eigenvalue weighted by atomic mass is 32.1. The van der Waals surface area contributed by atoms with Crippen molar-refractivity contribution in [1.82, 2.24) is 10.6 Å². The summed E-state index contributed by atoms with van der Waals surface area (Å²) in [6.45, 7) is 3.89. The molecule has 6 heteroatoms. The van der Waals surface area contributed by atoms with E-state index >= 15 is 0 Å². The van der Waals surface area contributed by atoms with Crippen LogP contribution in [0.4, 0.5) is 0 Å². The van der Waals surface area contributed by atoms with Crippen LogP contribution in [0.2, 0.25) is 0 Å². The van der Waals surface area contributed by atoms with Gasteiger partial charge in [-0.25, -0.2) is 0 Å². The van der Waals surface area contributed by atoms with Gasteiger partial charge in [0.05, 0.1) is 17.0 Å². The first-order chi connectivity index (χ1) is 16.0. The third-order valence-corrected chi connectivity index (χ3v) is 6.50. The number of hydrogen-bond donors (Lipinski definition) is 2. The fourth-order valence-electron chi connectivity index (χ4n) is 3.89. The van der Waals surface area contributed by atoms with Gasteiger partial charge in [0.1, 0.15) is 11.5 Å². The van der Waals surface area contributed by atoms with Gasteiger partial charge in [0.25, 0.3) is 11.8 Å². The largest absolute Gasteiger partial charge is 0.464 e. The minimum absolute atomic E-state index is 0.169. The SMILES string of the molecule is Cc1ccc([C@@H](NC(=O)c2cccs2)[C@@H](C)[C@@H](NC(=O)c2ccccc2)c2ccccc2)o1. The van der Waals surface area contributed by atoms with Gasteiger partial charge in [-0.2, -0.15) is 0 Å². The van der Waals surface area contributed by atoms with E-state index in [4.69, 9.17) is 4.42 Å². The molecule has 0 bridgehead atoms. The summed E-state index contributed by atoms with van der Waals surface area (Å²) in [5.74, 6) is 0.860. The van der Waals surface area contributed by atoms with E-state index in [9.17, 15) is 9.59 Å². The smallest absolute Gasteiger partial charge is 0.261 e. The number of carbonyl (C=O) groups excluding carboxylic acids is 2. The number of hydrogen-bond acceptors (Lipinski definition) is 4. The lowest BCUT2D eigenvalue weighted by atomic mass is 9.86. The molecule has 5 nitrogen and oxygen atoms in total. The van der Waals surface area contributed by atoms with Crippen molar-refractivity contribution in [2.24, 2.45) is 5.92 Å². The molecule has 0 aliphatic rings. The lowest BCUT2D eigenvalue weighted by Crippen LogP contribution is -2.40. The first-order valence-corrected chi connectivity index (χ1v) is 11.7. The molecular weight excluding hydrogens is 432 g/mol. The average molecular weight is 459 g/mol. The van der Waals surface area contributed by atoms with Crippen molar-refractivity contribution in [3.05, 3.63) is 118 Å². The topological polar surface area (TPSA) is 71.3 Å². The van der Waals surface area contributed by atoms with Crippen molar-refractivity contribution in [2.45, 2.75) is 25.9 Å². The molecule has 0 radical (unpaired) electrons. The summed E-state index contributed by atoms with van der Waals surface area (Å²) in [5.41, 5.74) is 1.53. The fourth-order valence-corrected chi connectivity index (χ4v) is 4.51. The number of thiophene rings is 1. The maximum Gasteiger partial charge on any atom is 0.261 e. The molecule has 168 valence electrons. The molecule has 2 heterocycles. The lowest BCUT2D eigenvalue weighted by Gasteiger charge is -2.31. The molecule has 0 fully saturated rings. The van der Waals surface area contributed by atoms with E-state index in [0.29, 0.717) is 16.2 Å². The Morgan fingerprint density at radius 1 is 0.788 bits per heavy atom. The molecule has 0 saturated heterocycles. The Labute approximate surface area is 197 Å². The number of amides is 2. The quantitative estimate of drug-likeness (QED) is 0.344. The molecule has 33 heavy (non-hydrogen) atoms. The number of aryl methyl sites for hydroxylation is 1.